The molecule has 2 aliphatic heterocycles. The zero-order valence-corrected chi connectivity index (χ0v) is 15.0. The van der Waals surface area contributed by atoms with E-state index in [2.05, 4.69) is 22.5 Å². The smallest absolute Gasteiger partial charge is 0.373 e. The first-order chi connectivity index (χ1) is 13.7. The highest BCUT2D eigenvalue weighted by atomic mass is 19.4. The van der Waals surface area contributed by atoms with E-state index in [0.29, 0.717) is 12.8 Å². The van der Waals surface area contributed by atoms with E-state index in [-0.39, 0.29) is 36.3 Å². The van der Waals surface area contributed by atoms with Gasteiger partial charge in [0.25, 0.3) is 0 Å². The lowest BCUT2D eigenvalue weighted by molar-refractivity contribution is -0.178. The second kappa shape index (κ2) is 6.69. The van der Waals surface area contributed by atoms with Gasteiger partial charge in [-0.25, -0.2) is 9.18 Å². The van der Waals surface area contributed by atoms with Crippen LogP contribution in [0.15, 0.2) is 24.4 Å². The van der Waals surface area contributed by atoms with Gasteiger partial charge < -0.3 is 20.9 Å². The summed E-state index contributed by atoms with van der Waals surface area (Å²) < 4.78 is 56.9. The Balaban J connectivity index is 1.78. The van der Waals surface area contributed by atoms with Crippen molar-refractivity contribution >= 4 is 17.6 Å². The first-order valence-electron chi connectivity index (χ1n) is 8.90. The molecule has 10 heteroatoms. The van der Waals surface area contributed by atoms with Crippen LogP contribution < -0.4 is 16.0 Å². The van der Waals surface area contributed by atoms with Crippen molar-refractivity contribution in [1.82, 2.24) is 15.5 Å². The van der Waals surface area contributed by atoms with E-state index >= 15 is 0 Å². The van der Waals surface area contributed by atoms with E-state index in [4.69, 9.17) is 0 Å². The first-order valence-corrected chi connectivity index (χ1v) is 8.90. The van der Waals surface area contributed by atoms with E-state index in [9.17, 15) is 27.2 Å². The Morgan fingerprint density at radius 3 is 2.66 bits per heavy atom. The Morgan fingerprint density at radius 1 is 1.24 bits per heavy atom. The van der Waals surface area contributed by atoms with Gasteiger partial charge in [-0.05, 0) is 25.0 Å². The predicted molar refractivity (Wildman–Crippen MR) is 94.5 cm³/mol. The molecule has 2 heterocycles. The lowest BCUT2D eigenvalue weighted by Crippen LogP contribution is -2.59. The Hall–Kier alpha value is -3.22. The van der Waals surface area contributed by atoms with Gasteiger partial charge in [-0.2, -0.15) is 13.2 Å². The molecule has 1 aromatic carbocycles. The quantitative estimate of drug-likeness (QED) is 0.520. The number of urea groups is 1. The monoisotopic (exact) mass is 408 g/mol. The molecule has 3 N–H and O–H groups in total. The van der Waals surface area contributed by atoms with Crippen LogP contribution in [0.25, 0.3) is 0 Å². The third kappa shape index (κ3) is 3.48. The van der Waals surface area contributed by atoms with Gasteiger partial charge in [0.15, 0.2) is 0 Å². The molecule has 1 aromatic rings. The number of fused-ring (bicyclic) bond motifs is 1. The Morgan fingerprint density at radius 2 is 2.00 bits per heavy atom. The van der Waals surface area contributed by atoms with Crippen LogP contribution in [0.2, 0.25) is 0 Å². The molecular formula is C19H16F4N4O2. The third-order valence-electron chi connectivity index (χ3n) is 4.90. The van der Waals surface area contributed by atoms with Crippen molar-refractivity contribution in [2.75, 3.05) is 12.0 Å². The summed E-state index contributed by atoms with van der Waals surface area (Å²) in [5.41, 5.74) is -3.73. The minimum Gasteiger partial charge on any atom is -0.373 e. The Kier molecular flexibility index (Phi) is 4.41. The molecule has 1 atom stereocenters. The molecule has 0 saturated heterocycles. The van der Waals surface area contributed by atoms with Crippen molar-refractivity contribution < 1.29 is 27.2 Å². The topological polar surface area (TPSA) is 73.5 Å². The second-order valence-corrected chi connectivity index (χ2v) is 7.09. The summed E-state index contributed by atoms with van der Waals surface area (Å²) in [6.07, 6.45) is -0.871. The maximum atomic E-state index is 14.8. The lowest BCUT2D eigenvalue weighted by Gasteiger charge is -2.37. The average Bonchev–Trinajstić information content (AvgIpc) is 3.46. The van der Waals surface area contributed by atoms with Crippen molar-refractivity contribution in [2.45, 2.75) is 31.1 Å². The van der Waals surface area contributed by atoms with E-state index in [0.717, 1.165) is 12.1 Å². The zero-order chi connectivity index (χ0) is 20.8. The van der Waals surface area contributed by atoms with Crippen LogP contribution in [0.4, 0.5) is 28.0 Å². The number of benzene rings is 1. The summed E-state index contributed by atoms with van der Waals surface area (Å²) in [6, 6.07) is 0.758. The number of alkyl halides is 3. The first kappa shape index (κ1) is 19.1. The standard InChI is InChI=1S/C19H16F4N4O2/c20-14-8-13-15(7-12(14)9-27-10-24-6-4-16(27)28)25-17(29)26-18(13,19(21,22)23)5-3-11-1-2-11/h4,6-8,11,24H,1-2,9-10H2,(H2,25,26,29)/t18-/m0/s1. The molecule has 0 bridgehead atoms. The molecule has 152 valence electrons. The summed E-state index contributed by atoms with van der Waals surface area (Å²) >= 11 is 0. The average molecular weight is 408 g/mol. The Bertz CT molecular complexity index is 975. The van der Waals surface area contributed by atoms with Crippen LogP contribution in [0.1, 0.15) is 24.0 Å². The Labute approximate surface area is 163 Å². The summed E-state index contributed by atoms with van der Waals surface area (Å²) in [5, 5.41) is 6.93. The molecule has 6 nitrogen and oxygen atoms in total. The van der Waals surface area contributed by atoms with Gasteiger partial charge in [-0.3, -0.25) is 4.79 Å². The summed E-state index contributed by atoms with van der Waals surface area (Å²) in [5.74, 6) is 3.25. The zero-order valence-electron chi connectivity index (χ0n) is 15.0. The number of anilines is 1. The normalized spacial score (nSPS) is 23.4. The molecule has 3 amide bonds. The molecule has 1 fully saturated rings. The van der Waals surface area contributed by atoms with Crippen LogP contribution in [-0.2, 0) is 16.9 Å². The molecule has 1 aliphatic carbocycles. The fourth-order valence-electron chi connectivity index (χ4n) is 3.19. The van der Waals surface area contributed by atoms with E-state index in [1.54, 1.807) is 0 Å². The number of nitrogens with one attached hydrogen (secondary N) is 3. The summed E-state index contributed by atoms with van der Waals surface area (Å²) in [4.78, 5) is 25.2. The van der Waals surface area contributed by atoms with Gasteiger partial charge in [0.2, 0.25) is 11.4 Å². The van der Waals surface area contributed by atoms with Crippen LogP contribution in [0.5, 0.6) is 0 Å². The number of amides is 3. The molecule has 0 unspecified atom stereocenters. The van der Waals surface area contributed by atoms with Gasteiger partial charge >= 0.3 is 12.2 Å². The number of halogens is 4. The fourth-order valence-corrected chi connectivity index (χ4v) is 3.19. The van der Waals surface area contributed by atoms with Gasteiger partial charge in [0.1, 0.15) is 5.82 Å². The van der Waals surface area contributed by atoms with Crippen molar-refractivity contribution in [1.29, 1.82) is 0 Å². The molecule has 3 aliphatic rings. The maximum Gasteiger partial charge on any atom is 0.427 e. The predicted octanol–water partition coefficient (Wildman–Crippen LogP) is 2.53. The van der Waals surface area contributed by atoms with Crippen LogP contribution in [-0.4, -0.2) is 29.7 Å². The van der Waals surface area contributed by atoms with Crippen LogP contribution >= 0.6 is 0 Å². The van der Waals surface area contributed by atoms with E-state index < -0.39 is 29.1 Å². The highest BCUT2D eigenvalue weighted by Gasteiger charge is 2.59. The third-order valence-corrected chi connectivity index (χ3v) is 4.90. The number of carbonyl (C=O) groups is 2. The van der Waals surface area contributed by atoms with E-state index in [1.165, 1.54) is 17.2 Å². The van der Waals surface area contributed by atoms with Crippen molar-refractivity contribution in [2.24, 2.45) is 5.92 Å². The SMILES string of the molecule is O=C1Nc2cc(CN3CNC=CC3=O)c(F)cc2[C@@](C#CC2CC2)(C(F)(F)F)N1. The number of rotatable bonds is 2. The van der Waals surface area contributed by atoms with Gasteiger partial charge in [-0.15, -0.1) is 0 Å². The second-order valence-electron chi connectivity index (χ2n) is 7.09. The highest BCUT2D eigenvalue weighted by Crippen LogP contribution is 2.45. The fraction of sp³-hybridized carbons (Fsp3) is 0.368. The molecule has 0 aromatic heterocycles. The number of carbonyl (C=O) groups excluding carboxylic acids is 2. The number of hydrogen-bond acceptors (Lipinski definition) is 3. The molecular weight excluding hydrogens is 392 g/mol. The van der Waals surface area contributed by atoms with Crippen LogP contribution in [0, 0.1) is 23.6 Å². The van der Waals surface area contributed by atoms with Crippen molar-refractivity contribution in [3.8, 4) is 11.8 Å². The molecule has 4 rings (SSSR count). The molecule has 29 heavy (non-hydrogen) atoms. The summed E-state index contributed by atoms with van der Waals surface area (Å²) in [6.45, 7) is -0.0511. The van der Waals surface area contributed by atoms with Crippen molar-refractivity contribution in [3.63, 3.8) is 0 Å². The van der Waals surface area contributed by atoms with Gasteiger partial charge in [-0.1, -0.05) is 11.8 Å². The van der Waals surface area contributed by atoms with Crippen LogP contribution in [0.3, 0.4) is 0 Å². The number of hydrogen-bond donors (Lipinski definition) is 3. The minimum atomic E-state index is -4.97. The number of nitrogens with zero attached hydrogens (tertiary/aromatic N) is 1. The largest absolute Gasteiger partial charge is 0.427 e. The van der Waals surface area contributed by atoms with Gasteiger partial charge in [0, 0.05) is 35.0 Å². The highest BCUT2D eigenvalue weighted by molar-refractivity contribution is 5.95. The minimum absolute atomic E-state index is 0.0253. The lowest BCUT2D eigenvalue weighted by atomic mass is 9.85. The molecule has 0 spiro atoms. The summed E-state index contributed by atoms with van der Waals surface area (Å²) in [7, 11) is 0. The van der Waals surface area contributed by atoms with Crippen molar-refractivity contribution in [3.05, 3.63) is 41.4 Å². The molecule has 0 radical (unpaired) electrons. The molecule has 1 saturated carbocycles. The van der Waals surface area contributed by atoms with E-state index in [1.807, 2.05) is 5.32 Å². The maximum absolute atomic E-state index is 14.8. The van der Waals surface area contributed by atoms with Gasteiger partial charge in [0.05, 0.1) is 13.2 Å².